The summed E-state index contributed by atoms with van der Waals surface area (Å²) in [5.41, 5.74) is 4.19. The molecule has 1 heterocycles. The number of ether oxygens (including phenoxy) is 1. The van der Waals surface area contributed by atoms with Gasteiger partial charge in [-0.15, -0.1) is 0 Å². The molecule has 0 aliphatic rings. The fourth-order valence-electron chi connectivity index (χ4n) is 2.82. The Hall–Kier alpha value is -3.34. The molecule has 0 radical (unpaired) electrons. The molecule has 5 nitrogen and oxygen atoms in total. The van der Waals surface area contributed by atoms with E-state index in [-0.39, 0.29) is 5.91 Å². The van der Waals surface area contributed by atoms with E-state index in [1.165, 1.54) is 0 Å². The van der Waals surface area contributed by atoms with Crippen molar-refractivity contribution in [1.82, 2.24) is 4.98 Å². The third-order valence-electron chi connectivity index (χ3n) is 4.32. The Bertz CT molecular complexity index is 907. The van der Waals surface area contributed by atoms with Gasteiger partial charge in [0.15, 0.2) is 0 Å². The Labute approximate surface area is 159 Å². The average Bonchev–Trinajstić information content (AvgIpc) is 2.73. The number of hydrogen-bond acceptors (Lipinski definition) is 4. The highest BCUT2D eigenvalue weighted by atomic mass is 16.5. The normalized spacial score (nSPS) is 10.3. The molecule has 0 bridgehead atoms. The van der Waals surface area contributed by atoms with Crippen LogP contribution in [0.3, 0.4) is 0 Å². The average molecular weight is 361 g/mol. The molecule has 0 fully saturated rings. The van der Waals surface area contributed by atoms with Gasteiger partial charge in [0.25, 0.3) is 5.91 Å². The molecule has 0 atom stereocenters. The van der Waals surface area contributed by atoms with Gasteiger partial charge in [0, 0.05) is 17.8 Å². The minimum absolute atomic E-state index is 0.216. The van der Waals surface area contributed by atoms with E-state index >= 15 is 0 Å². The fraction of sp³-hybridized carbons (Fsp3) is 0.182. The number of carbonyl (C=O) groups is 1. The second-order valence-corrected chi connectivity index (χ2v) is 6.06. The van der Waals surface area contributed by atoms with E-state index in [9.17, 15) is 4.79 Å². The van der Waals surface area contributed by atoms with Gasteiger partial charge in [-0.05, 0) is 36.2 Å². The van der Waals surface area contributed by atoms with Crippen molar-refractivity contribution in [1.29, 1.82) is 0 Å². The summed E-state index contributed by atoms with van der Waals surface area (Å²) in [7, 11) is 1.66. The summed E-state index contributed by atoms with van der Waals surface area (Å²) in [6, 6.07) is 19.2. The highest BCUT2D eigenvalue weighted by Crippen LogP contribution is 2.19. The lowest BCUT2D eigenvalue weighted by Crippen LogP contribution is -2.15. The van der Waals surface area contributed by atoms with Gasteiger partial charge >= 0.3 is 0 Å². The van der Waals surface area contributed by atoms with Crippen LogP contribution < -0.4 is 15.4 Å². The maximum atomic E-state index is 12.4. The summed E-state index contributed by atoms with van der Waals surface area (Å²) in [4.78, 5) is 16.7. The van der Waals surface area contributed by atoms with Crippen molar-refractivity contribution in [2.45, 2.75) is 19.9 Å². The Balaban J connectivity index is 1.63. The maximum absolute atomic E-state index is 12.4. The first-order valence-corrected chi connectivity index (χ1v) is 8.92. The number of aryl methyl sites for hydroxylation is 1. The third-order valence-corrected chi connectivity index (χ3v) is 4.32. The van der Waals surface area contributed by atoms with Crippen LogP contribution in [0.15, 0.2) is 66.9 Å². The number of nitrogens with one attached hydrogen (secondary N) is 2. The molecule has 138 valence electrons. The summed E-state index contributed by atoms with van der Waals surface area (Å²) < 4.78 is 5.35. The van der Waals surface area contributed by atoms with Gasteiger partial charge in [-0.2, -0.15) is 0 Å². The molecular formula is C22H23N3O2. The monoisotopic (exact) mass is 361 g/mol. The van der Waals surface area contributed by atoms with Crippen molar-refractivity contribution in [3.8, 4) is 5.75 Å². The smallest absolute Gasteiger partial charge is 0.274 e. The predicted octanol–water partition coefficient (Wildman–Crippen LogP) is 4.52. The second-order valence-electron chi connectivity index (χ2n) is 6.06. The number of carbonyl (C=O) groups excluding carboxylic acids is 1. The van der Waals surface area contributed by atoms with Crippen LogP contribution in [0.5, 0.6) is 5.75 Å². The molecule has 0 saturated heterocycles. The SMILES string of the molecule is CCc1ccccc1NC(=O)c1ccc(NCc2ccccc2OC)cn1. The topological polar surface area (TPSA) is 63.2 Å². The zero-order valence-corrected chi connectivity index (χ0v) is 15.5. The third kappa shape index (κ3) is 4.64. The first-order valence-electron chi connectivity index (χ1n) is 8.92. The molecule has 0 unspecified atom stereocenters. The molecule has 27 heavy (non-hydrogen) atoms. The van der Waals surface area contributed by atoms with Crippen molar-refractivity contribution < 1.29 is 9.53 Å². The zero-order valence-electron chi connectivity index (χ0n) is 15.5. The fourth-order valence-corrected chi connectivity index (χ4v) is 2.82. The molecule has 3 rings (SSSR count). The van der Waals surface area contributed by atoms with Crippen LogP contribution >= 0.6 is 0 Å². The van der Waals surface area contributed by atoms with Crippen LogP contribution in [0.2, 0.25) is 0 Å². The Kier molecular flexibility index (Phi) is 6.05. The number of para-hydroxylation sites is 2. The largest absolute Gasteiger partial charge is 0.496 e. The molecule has 5 heteroatoms. The maximum Gasteiger partial charge on any atom is 0.274 e. The quantitative estimate of drug-likeness (QED) is 0.650. The Morgan fingerprint density at radius 2 is 1.74 bits per heavy atom. The lowest BCUT2D eigenvalue weighted by Gasteiger charge is -2.11. The number of nitrogens with zero attached hydrogens (tertiary/aromatic N) is 1. The number of pyridine rings is 1. The minimum atomic E-state index is -0.216. The molecule has 0 spiro atoms. The van der Waals surface area contributed by atoms with E-state index in [4.69, 9.17) is 4.74 Å². The van der Waals surface area contributed by atoms with Gasteiger partial charge in [0.05, 0.1) is 19.0 Å². The van der Waals surface area contributed by atoms with Gasteiger partial charge in [-0.3, -0.25) is 4.79 Å². The molecular weight excluding hydrogens is 338 g/mol. The number of methoxy groups -OCH3 is 1. The van der Waals surface area contributed by atoms with Crippen LogP contribution in [0.4, 0.5) is 11.4 Å². The minimum Gasteiger partial charge on any atom is -0.496 e. The Morgan fingerprint density at radius 1 is 1.00 bits per heavy atom. The molecule has 2 N–H and O–H groups in total. The standard InChI is InChI=1S/C22H23N3O2/c1-3-16-8-4-6-10-19(16)25-22(26)20-13-12-18(15-24-20)23-14-17-9-5-7-11-21(17)27-2/h4-13,15,23H,3,14H2,1-2H3,(H,25,26). The predicted molar refractivity (Wildman–Crippen MR) is 108 cm³/mol. The summed E-state index contributed by atoms with van der Waals surface area (Å²) in [5, 5.41) is 6.23. The van der Waals surface area contributed by atoms with E-state index in [1.54, 1.807) is 19.4 Å². The van der Waals surface area contributed by atoms with Crippen LogP contribution in [0.25, 0.3) is 0 Å². The number of anilines is 2. The number of rotatable bonds is 7. The van der Waals surface area contributed by atoms with Crippen LogP contribution in [-0.2, 0) is 13.0 Å². The molecule has 0 aliphatic heterocycles. The van der Waals surface area contributed by atoms with E-state index in [1.807, 2.05) is 54.6 Å². The van der Waals surface area contributed by atoms with Gasteiger partial charge in [-0.1, -0.05) is 43.3 Å². The lowest BCUT2D eigenvalue weighted by molar-refractivity contribution is 0.102. The number of aromatic nitrogens is 1. The van der Waals surface area contributed by atoms with E-state index in [2.05, 4.69) is 22.5 Å². The molecule has 2 aromatic carbocycles. The number of amides is 1. The molecule has 0 aliphatic carbocycles. The van der Waals surface area contributed by atoms with Crippen molar-refractivity contribution in [2.24, 2.45) is 0 Å². The lowest BCUT2D eigenvalue weighted by atomic mass is 10.1. The first-order chi connectivity index (χ1) is 13.2. The van der Waals surface area contributed by atoms with Crippen molar-refractivity contribution in [3.05, 3.63) is 83.7 Å². The molecule has 1 aromatic heterocycles. The number of benzene rings is 2. The van der Waals surface area contributed by atoms with Crippen LogP contribution in [0.1, 0.15) is 28.5 Å². The first kappa shape index (κ1) is 18.5. The van der Waals surface area contributed by atoms with E-state index in [0.717, 1.165) is 34.7 Å². The van der Waals surface area contributed by atoms with Gasteiger partial charge in [0.2, 0.25) is 0 Å². The Morgan fingerprint density at radius 3 is 2.44 bits per heavy atom. The van der Waals surface area contributed by atoms with Crippen LogP contribution in [0, 0.1) is 0 Å². The molecule has 0 saturated carbocycles. The highest BCUT2D eigenvalue weighted by molar-refractivity contribution is 6.03. The van der Waals surface area contributed by atoms with Gasteiger partial charge in [0.1, 0.15) is 11.4 Å². The number of hydrogen-bond donors (Lipinski definition) is 2. The van der Waals surface area contributed by atoms with Crippen molar-refractivity contribution in [2.75, 3.05) is 17.7 Å². The van der Waals surface area contributed by atoms with Crippen LogP contribution in [-0.4, -0.2) is 18.0 Å². The van der Waals surface area contributed by atoms with Crippen molar-refractivity contribution in [3.63, 3.8) is 0 Å². The highest BCUT2D eigenvalue weighted by Gasteiger charge is 2.10. The van der Waals surface area contributed by atoms with Gasteiger partial charge in [-0.25, -0.2) is 4.98 Å². The summed E-state index contributed by atoms with van der Waals surface area (Å²) >= 11 is 0. The molecule has 3 aromatic rings. The van der Waals surface area contributed by atoms with E-state index < -0.39 is 0 Å². The zero-order chi connectivity index (χ0) is 19.1. The van der Waals surface area contributed by atoms with Gasteiger partial charge < -0.3 is 15.4 Å². The summed E-state index contributed by atoms with van der Waals surface area (Å²) in [6.07, 6.45) is 2.52. The summed E-state index contributed by atoms with van der Waals surface area (Å²) in [5.74, 6) is 0.621. The molecule has 1 amide bonds. The van der Waals surface area contributed by atoms with Crippen molar-refractivity contribution >= 4 is 17.3 Å². The summed E-state index contributed by atoms with van der Waals surface area (Å²) in [6.45, 7) is 2.67. The van der Waals surface area contributed by atoms with E-state index in [0.29, 0.717) is 12.2 Å². The second kappa shape index (κ2) is 8.85.